The first kappa shape index (κ1) is 15.0. The number of carbonyl (C=O) groups is 1. The Bertz CT molecular complexity index is 519. The number of benzene rings is 1. The number of carbonyl (C=O) groups excluding carboxylic acids is 1. The van der Waals surface area contributed by atoms with E-state index in [1.165, 1.54) is 0 Å². The zero-order valence-electron chi connectivity index (χ0n) is 11.8. The first-order valence-electron chi connectivity index (χ1n) is 6.13. The van der Waals surface area contributed by atoms with Crippen molar-refractivity contribution in [3.8, 4) is 5.75 Å². The lowest BCUT2D eigenvalue weighted by atomic mass is 10.1. The van der Waals surface area contributed by atoms with Crippen LogP contribution in [0.3, 0.4) is 0 Å². The van der Waals surface area contributed by atoms with E-state index in [1.807, 2.05) is 25.1 Å². The van der Waals surface area contributed by atoms with Crippen LogP contribution < -0.4 is 10.1 Å². The SMILES string of the molecule is C/C=C(\C(C)=N)C(=O)NCc1cccc(OC)c1C. The van der Waals surface area contributed by atoms with Gasteiger partial charge < -0.3 is 15.5 Å². The lowest BCUT2D eigenvalue weighted by molar-refractivity contribution is -0.117. The second-order valence-electron chi connectivity index (χ2n) is 4.25. The molecule has 0 spiro atoms. The van der Waals surface area contributed by atoms with Gasteiger partial charge in [-0.15, -0.1) is 0 Å². The van der Waals surface area contributed by atoms with Crippen LogP contribution in [-0.2, 0) is 11.3 Å². The normalized spacial score (nSPS) is 11.1. The molecule has 0 aliphatic rings. The van der Waals surface area contributed by atoms with E-state index in [0.717, 1.165) is 16.9 Å². The fraction of sp³-hybridized carbons (Fsp3) is 0.333. The van der Waals surface area contributed by atoms with E-state index in [9.17, 15) is 4.79 Å². The number of ether oxygens (including phenoxy) is 1. The molecule has 1 rings (SSSR count). The number of methoxy groups -OCH3 is 1. The highest BCUT2D eigenvalue weighted by Crippen LogP contribution is 2.20. The van der Waals surface area contributed by atoms with Crippen LogP contribution in [0.15, 0.2) is 29.8 Å². The van der Waals surface area contributed by atoms with Crippen LogP contribution in [0.25, 0.3) is 0 Å². The van der Waals surface area contributed by atoms with Crippen LogP contribution in [0, 0.1) is 12.3 Å². The van der Waals surface area contributed by atoms with E-state index in [4.69, 9.17) is 10.1 Å². The zero-order valence-corrected chi connectivity index (χ0v) is 11.8. The fourth-order valence-electron chi connectivity index (χ4n) is 1.86. The van der Waals surface area contributed by atoms with Crippen molar-refractivity contribution in [1.29, 1.82) is 5.41 Å². The van der Waals surface area contributed by atoms with Gasteiger partial charge in [-0.2, -0.15) is 0 Å². The summed E-state index contributed by atoms with van der Waals surface area (Å²) in [6.45, 7) is 5.74. The third-order valence-corrected chi connectivity index (χ3v) is 2.99. The highest BCUT2D eigenvalue weighted by atomic mass is 16.5. The van der Waals surface area contributed by atoms with Gasteiger partial charge in [0.05, 0.1) is 12.7 Å². The second-order valence-corrected chi connectivity index (χ2v) is 4.25. The van der Waals surface area contributed by atoms with E-state index in [0.29, 0.717) is 12.1 Å². The van der Waals surface area contributed by atoms with Gasteiger partial charge in [0.1, 0.15) is 5.75 Å². The highest BCUT2D eigenvalue weighted by molar-refractivity contribution is 6.19. The Morgan fingerprint density at radius 3 is 2.68 bits per heavy atom. The van der Waals surface area contributed by atoms with Crippen LogP contribution in [0.1, 0.15) is 25.0 Å². The molecular formula is C15H20N2O2. The van der Waals surface area contributed by atoms with E-state index >= 15 is 0 Å². The number of hydrogen-bond acceptors (Lipinski definition) is 3. The third-order valence-electron chi connectivity index (χ3n) is 2.99. The lowest BCUT2D eigenvalue weighted by Gasteiger charge is -2.12. The van der Waals surface area contributed by atoms with Gasteiger partial charge in [-0.25, -0.2) is 0 Å². The van der Waals surface area contributed by atoms with E-state index in [-0.39, 0.29) is 11.6 Å². The Labute approximate surface area is 114 Å². The maximum atomic E-state index is 11.9. The van der Waals surface area contributed by atoms with Crippen molar-refractivity contribution >= 4 is 11.6 Å². The minimum absolute atomic E-state index is 0.225. The van der Waals surface area contributed by atoms with Gasteiger partial charge in [0, 0.05) is 12.3 Å². The van der Waals surface area contributed by atoms with Crippen molar-refractivity contribution in [2.24, 2.45) is 0 Å². The van der Waals surface area contributed by atoms with E-state index < -0.39 is 0 Å². The number of nitrogens with one attached hydrogen (secondary N) is 2. The molecule has 1 aromatic carbocycles. The summed E-state index contributed by atoms with van der Waals surface area (Å²) in [5.41, 5.74) is 2.69. The van der Waals surface area contributed by atoms with E-state index in [2.05, 4.69) is 5.32 Å². The van der Waals surface area contributed by atoms with Gasteiger partial charge in [-0.1, -0.05) is 18.2 Å². The number of rotatable bonds is 5. The molecule has 0 fully saturated rings. The van der Waals surface area contributed by atoms with Crippen molar-refractivity contribution in [1.82, 2.24) is 5.32 Å². The molecule has 0 aliphatic heterocycles. The molecule has 0 aliphatic carbocycles. The Hall–Kier alpha value is -2.10. The first-order valence-corrected chi connectivity index (χ1v) is 6.13. The smallest absolute Gasteiger partial charge is 0.253 e. The van der Waals surface area contributed by atoms with Gasteiger partial charge in [0.15, 0.2) is 0 Å². The van der Waals surface area contributed by atoms with E-state index in [1.54, 1.807) is 27.0 Å². The van der Waals surface area contributed by atoms with Crippen molar-refractivity contribution in [2.45, 2.75) is 27.3 Å². The van der Waals surface area contributed by atoms with Gasteiger partial charge in [-0.05, 0) is 38.0 Å². The second kappa shape index (κ2) is 6.73. The molecule has 2 N–H and O–H groups in total. The molecule has 1 aromatic rings. The minimum Gasteiger partial charge on any atom is -0.496 e. The van der Waals surface area contributed by atoms with Gasteiger partial charge >= 0.3 is 0 Å². The van der Waals surface area contributed by atoms with Crippen molar-refractivity contribution < 1.29 is 9.53 Å². The zero-order chi connectivity index (χ0) is 14.4. The first-order chi connectivity index (χ1) is 9.01. The summed E-state index contributed by atoms with van der Waals surface area (Å²) in [6.07, 6.45) is 1.65. The maximum Gasteiger partial charge on any atom is 0.253 e. The molecule has 19 heavy (non-hydrogen) atoms. The summed E-state index contributed by atoms with van der Waals surface area (Å²) in [6, 6.07) is 5.73. The Morgan fingerprint density at radius 2 is 2.16 bits per heavy atom. The molecule has 0 unspecified atom stereocenters. The lowest BCUT2D eigenvalue weighted by Crippen LogP contribution is -2.27. The molecule has 0 bridgehead atoms. The average molecular weight is 260 g/mol. The fourth-order valence-corrected chi connectivity index (χ4v) is 1.86. The van der Waals surface area contributed by atoms with Crippen molar-refractivity contribution in [3.05, 3.63) is 41.0 Å². The summed E-state index contributed by atoms with van der Waals surface area (Å²) >= 11 is 0. The average Bonchev–Trinajstić information content (AvgIpc) is 2.38. The van der Waals surface area contributed by atoms with Crippen LogP contribution >= 0.6 is 0 Å². The summed E-state index contributed by atoms with van der Waals surface area (Å²) in [5.74, 6) is 0.582. The summed E-state index contributed by atoms with van der Waals surface area (Å²) in [4.78, 5) is 11.9. The summed E-state index contributed by atoms with van der Waals surface area (Å²) in [7, 11) is 1.63. The maximum absolute atomic E-state index is 11.9. The van der Waals surface area contributed by atoms with Gasteiger partial charge in [-0.3, -0.25) is 4.79 Å². The topological polar surface area (TPSA) is 62.2 Å². The van der Waals surface area contributed by atoms with Gasteiger partial charge in [0.25, 0.3) is 5.91 Å². The highest BCUT2D eigenvalue weighted by Gasteiger charge is 2.11. The molecule has 0 radical (unpaired) electrons. The summed E-state index contributed by atoms with van der Waals surface area (Å²) < 4.78 is 5.24. The largest absolute Gasteiger partial charge is 0.496 e. The quantitative estimate of drug-likeness (QED) is 0.631. The molecule has 0 aromatic heterocycles. The van der Waals surface area contributed by atoms with Crippen LogP contribution in [0.4, 0.5) is 0 Å². The molecule has 0 atom stereocenters. The van der Waals surface area contributed by atoms with Crippen LogP contribution in [0.2, 0.25) is 0 Å². The minimum atomic E-state index is -0.225. The molecule has 4 heteroatoms. The van der Waals surface area contributed by atoms with Crippen molar-refractivity contribution in [2.75, 3.05) is 7.11 Å². The van der Waals surface area contributed by atoms with Crippen LogP contribution in [-0.4, -0.2) is 18.7 Å². The molecule has 0 saturated carbocycles. The number of allylic oxidation sites excluding steroid dienone is 1. The van der Waals surface area contributed by atoms with Gasteiger partial charge in [0.2, 0.25) is 0 Å². The molecule has 4 nitrogen and oxygen atoms in total. The number of amides is 1. The Balaban J connectivity index is 2.78. The predicted octanol–water partition coefficient (Wildman–Crippen LogP) is 2.61. The predicted molar refractivity (Wildman–Crippen MR) is 76.7 cm³/mol. The molecule has 1 amide bonds. The molecule has 0 saturated heterocycles. The Morgan fingerprint density at radius 1 is 1.47 bits per heavy atom. The third kappa shape index (κ3) is 3.68. The summed E-state index contributed by atoms with van der Waals surface area (Å²) in [5, 5.41) is 10.3. The monoisotopic (exact) mass is 260 g/mol. The standard InChI is InChI=1S/C15H20N2O2/c1-5-13(11(3)16)15(18)17-9-12-7-6-8-14(19-4)10(12)2/h5-8,16H,9H2,1-4H3,(H,17,18)/b13-5+,16-11?. The van der Waals surface area contributed by atoms with Crippen molar-refractivity contribution in [3.63, 3.8) is 0 Å². The number of hydrogen-bond donors (Lipinski definition) is 2. The molecule has 0 heterocycles. The Kier molecular flexibility index (Phi) is 5.30. The molecular weight excluding hydrogens is 240 g/mol. The molecule has 102 valence electrons. The van der Waals surface area contributed by atoms with Crippen LogP contribution in [0.5, 0.6) is 5.75 Å².